The summed E-state index contributed by atoms with van der Waals surface area (Å²) in [7, 11) is 0. The Morgan fingerprint density at radius 3 is 2.96 bits per heavy atom. The molecule has 0 spiro atoms. The van der Waals surface area contributed by atoms with E-state index in [9.17, 15) is 9.90 Å². The van der Waals surface area contributed by atoms with E-state index in [-0.39, 0.29) is 12.2 Å². The minimum absolute atomic E-state index is 0.221. The predicted molar refractivity (Wildman–Crippen MR) is 91.6 cm³/mol. The van der Waals surface area contributed by atoms with Gasteiger partial charge < -0.3 is 9.52 Å². The summed E-state index contributed by atoms with van der Waals surface area (Å²) < 4.78 is 5.35. The zero-order valence-electron chi connectivity index (χ0n) is 13.8. The lowest BCUT2D eigenvalue weighted by Gasteiger charge is -2.35. The molecule has 1 atom stereocenters. The van der Waals surface area contributed by atoms with Crippen LogP contribution in [-0.2, 0) is 13.0 Å². The number of piperidine rings is 1. The van der Waals surface area contributed by atoms with Crippen molar-refractivity contribution in [2.24, 2.45) is 0 Å². The van der Waals surface area contributed by atoms with Gasteiger partial charge >= 0.3 is 5.63 Å². The molecular weight excluding hydrogens is 290 g/mol. The SMILES string of the molecule is CCc1ccc2oc(=O)cc(CN3CCCC[C@@H]3CCO)c2c1. The molecule has 1 aliphatic rings. The van der Waals surface area contributed by atoms with Crippen LogP contribution in [-0.4, -0.2) is 29.2 Å². The maximum atomic E-state index is 11.9. The fourth-order valence-electron chi connectivity index (χ4n) is 3.59. The number of aliphatic hydroxyl groups excluding tert-OH is 1. The molecule has 2 heterocycles. The number of aliphatic hydroxyl groups is 1. The van der Waals surface area contributed by atoms with Crippen LogP contribution in [0.1, 0.15) is 43.7 Å². The molecule has 1 saturated heterocycles. The van der Waals surface area contributed by atoms with Crippen molar-refractivity contribution in [3.8, 4) is 0 Å². The number of likely N-dealkylation sites (tertiary alicyclic amines) is 1. The van der Waals surface area contributed by atoms with Crippen LogP contribution in [0.15, 0.2) is 33.5 Å². The lowest BCUT2D eigenvalue weighted by atomic mass is 9.98. The molecule has 1 aromatic carbocycles. The van der Waals surface area contributed by atoms with Gasteiger partial charge in [0, 0.05) is 30.6 Å². The Hall–Kier alpha value is -1.65. The predicted octanol–water partition coefficient (Wildman–Crippen LogP) is 3.09. The van der Waals surface area contributed by atoms with Gasteiger partial charge in [0.1, 0.15) is 5.58 Å². The van der Waals surface area contributed by atoms with Crippen molar-refractivity contribution in [1.82, 2.24) is 4.90 Å². The molecule has 1 aromatic heterocycles. The van der Waals surface area contributed by atoms with Crippen molar-refractivity contribution in [3.63, 3.8) is 0 Å². The third kappa shape index (κ3) is 3.65. The molecule has 1 aliphatic heterocycles. The average Bonchev–Trinajstić information content (AvgIpc) is 2.56. The second-order valence-corrected chi connectivity index (χ2v) is 6.41. The molecular formula is C19H25NO3. The zero-order valence-corrected chi connectivity index (χ0v) is 13.8. The number of benzene rings is 1. The largest absolute Gasteiger partial charge is 0.423 e. The maximum Gasteiger partial charge on any atom is 0.336 e. The van der Waals surface area contributed by atoms with Gasteiger partial charge in [-0.1, -0.05) is 19.4 Å². The number of rotatable bonds is 5. The van der Waals surface area contributed by atoms with Gasteiger partial charge in [-0.3, -0.25) is 4.90 Å². The number of hydrogen-bond acceptors (Lipinski definition) is 4. The van der Waals surface area contributed by atoms with E-state index in [1.54, 1.807) is 6.07 Å². The highest BCUT2D eigenvalue weighted by molar-refractivity contribution is 5.80. The normalized spacial score (nSPS) is 19.3. The summed E-state index contributed by atoms with van der Waals surface area (Å²) in [6.07, 6.45) is 5.30. The van der Waals surface area contributed by atoms with Crippen LogP contribution in [0.2, 0.25) is 0 Å². The second-order valence-electron chi connectivity index (χ2n) is 6.41. The first kappa shape index (κ1) is 16.2. The Kier molecular flexibility index (Phi) is 5.13. The van der Waals surface area contributed by atoms with Crippen molar-refractivity contribution in [3.05, 3.63) is 45.8 Å². The van der Waals surface area contributed by atoms with Crippen LogP contribution in [0.25, 0.3) is 11.0 Å². The Morgan fingerprint density at radius 1 is 1.30 bits per heavy atom. The van der Waals surface area contributed by atoms with Gasteiger partial charge in [-0.05, 0) is 55.5 Å². The molecule has 1 fully saturated rings. The molecule has 1 N–H and O–H groups in total. The van der Waals surface area contributed by atoms with Gasteiger partial charge in [-0.2, -0.15) is 0 Å². The van der Waals surface area contributed by atoms with Gasteiger partial charge in [0.05, 0.1) is 0 Å². The summed E-state index contributed by atoms with van der Waals surface area (Å²) >= 11 is 0. The number of aryl methyl sites for hydroxylation is 1. The van der Waals surface area contributed by atoms with Gasteiger partial charge in [-0.15, -0.1) is 0 Å². The van der Waals surface area contributed by atoms with Crippen LogP contribution in [0.4, 0.5) is 0 Å². The summed E-state index contributed by atoms with van der Waals surface area (Å²) in [6, 6.07) is 8.10. The monoisotopic (exact) mass is 315 g/mol. The molecule has 2 aromatic rings. The van der Waals surface area contributed by atoms with Crippen molar-refractivity contribution in [2.45, 2.75) is 51.6 Å². The van der Waals surface area contributed by atoms with Crippen molar-refractivity contribution < 1.29 is 9.52 Å². The summed E-state index contributed by atoms with van der Waals surface area (Å²) in [5, 5.41) is 10.3. The summed E-state index contributed by atoms with van der Waals surface area (Å²) in [5.74, 6) is 0. The van der Waals surface area contributed by atoms with E-state index in [0.717, 1.165) is 43.3 Å². The molecule has 0 amide bonds. The molecule has 3 rings (SSSR count). The zero-order chi connectivity index (χ0) is 16.2. The van der Waals surface area contributed by atoms with Crippen molar-refractivity contribution >= 4 is 11.0 Å². The first-order chi connectivity index (χ1) is 11.2. The molecule has 4 nitrogen and oxygen atoms in total. The van der Waals surface area contributed by atoms with Gasteiger partial charge in [-0.25, -0.2) is 4.79 Å². The standard InChI is InChI=1S/C19H25NO3/c1-2-14-6-7-18-17(11-14)15(12-19(22)23-18)13-20-9-4-3-5-16(20)8-10-21/h6-7,11-12,16,21H,2-5,8-10,13H2,1H3/t16-/m1/s1. The molecule has 0 radical (unpaired) electrons. The number of nitrogens with zero attached hydrogens (tertiary/aromatic N) is 1. The highest BCUT2D eigenvalue weighted by Crippen LogP contribution is 2.25. The van der Waals surface area contributed by atoms with Crippen LogP contribution >= 0.6 is 0 Å². The van der Waals surface area contributed by atoms with Crippen LogP contribution < -0.4 is 5.63 Å². The van der Waals surface area contributed by atoms with E-state index in [1.807, 2.05) is 12.1 Å². The Labute approximate surface area is 136 Å². The highest BCUT2D eigenvalue weighted by atomic mass is 16.4. The Bertz CT molecular complexity index is 720. The number of fused-ring (bicyclic) bond motifs is 1. The van der Waals surface area contributed by atoms with E-state index in [2.05, 4.69) is 17.9 Å². The Balaban J connectivity index is 1.95. The van der Waals surface area contributed by atoms with E-state index in [1.165, 1.54) is 18.4 Å². The Morgan fingerprint density at radius 2 is 2.17 bits per heavy atom. The summed E-state index contributed by atoms with van der Waals surface area (Å²) in [4.78, 5) is 14.3. The fraction of sp³-hybridized carbons (Fsp3) is 0.526. The van der Waals surface area contributed by atoms with Crippen LogP contribution in [0.5, 0.6) is 0 Å². The van der Waals surface area contributed by atoms with E-state index in [4.69, 9.17) is 4.42 Å². The summed E-state index contributed by atoms with van der Waals surface area (Å²) in [5.41, 5.74) is 2.67. The van der Waals surface area contributed by atoms with Gasteiger partial charge in [0.15, 0.2) is 0 Å². The second kappa shape index (κ2) is 7.28. The fourth-order valence-corrected chi connectivity index (χ4v) is 3.59. The first-order valence-corrected chi connectivity index (χ1v) is 8.62. The minimum Gasteiger partial charge on any atom is -0.423 e. The van der Waals surface area contributed by atoms with E-state index in [0.29, 0.717) is 11.6 Å². The van der Waals surface area contributed by atoms with E-state index >= 15 is 0 Å². The third-order valence-corrected chi connectivity index (χ3v) is 4.89. The minimum atomic E-state index is -0.285. The topological polar surface area (TPSA) is 53.7 Å². The smallest absolute Gasteiger partial charge is 0.336 e. The first-order valence-electron chi connectivity index (χ1n) is 8.62. The number of hydrogen-bond donors (Lipinski definition) is 1. The van der Waals surface area contributed by atoms with Gasteiger partial charge in [0.25, 0.3) is 0 Å². The molecule has 0 aliphatic carbocycles. The quantitative estimate of drug-likeness (QED) is 0.862. The van der Waals surface area contributed by atoms with Crippen LogP contribution in [0.3, 0.4) is 0 Å². The molecule has 0 unspecified atom stereocenters. The van der Waals surface area contributed by atoms with Gasteiger partial charge in [0.2, 0.25) is 0 Å². The lowest BCUT2D eigenvalue weighted by molar-refractivity contribution is 0.113. The molecule has 0 saturated carbocycles. The van der Waals surface area contributed by atoms with E-state index < -0.39 is 0 Å². The third-order valence-electron chi connectivity index (χ3n) is 4.89. The van der Waals surface area contributed by atoms with Crippen molar-refractivity contribution in [1.29, 1.82) is 0 Å². The molecule has 4 heteroatoms. The maximum absolute atomic E-state index is 11.9. The highest BCUT2D eigenvalue weighted by Gasteiger charge is 2.22. The average molecular weight is 315 g/mol. The van der Waals surface area contributed by atoms with Crippen molar-refractivity contribution in [2.75, 3.05) is 13.2 Å². The molecule has 23 heavy (non-hydrogen) atoms. The van der Waals surface area contributed by atoms with Crippen LogP contribution in [0, 0.1) is 0 Å². The molecule has 0 bridgehead atoms. The summed E-state index contributed by atoms with van der Waals surface area (Å²) in [6.45, 7) is 4.13. The lowest BCUT2D eigenvalue weighted by Crippen LogP contribution is -2.39. The molecule has 124 valence electrons.